The molecular formula is C64H122O14. The molecule has 0 spiro atoms. The molecule has 2 aliphatic rings. The summed E-state index contributed by atoms with van der Waals surface area (Å²) in [5.41, 5.74) is 0. The van der Waals surface area contributed by atoms with Crippen molar-refractivity contribution in [3.8, 4) is 0 Å². The number of carbonyl (C=O) groups excluding carboxylic acids is 1. The summed E-state index contributed by atoms with van der Waals surface area (Å²) in [6.45, 7) is 3.77. The van der Waals surface area contributed by atoms with Crippen LogP contribution < -0.4 is 0 Å². The maximum absolute atomic E-state index is 13.1. The zero-order chi connectivity index (χ0) is 56.5. The quantitative estimate of drug-likeness (QED) is 0.0172. The van der Waals surface area contributed by atoms with E-state index >= 15 is 0 Å². The highest BCUT2D eigenvalue weighted by Gasteiger charge is 2.47. The topological polar surface area (TPSA) is 214 Å². The molecule has 2 heterocycles. The molecule has 14 heteroatoms. The molecule has 0 saturated carbocycles. The monoisotopic (exact) mass is 1110 g/mol. The van der Waals surface area contributed by atoms with Gasteiger partial charge in [0.05, 0.1) is 26.4 Å². The molecule has 11 unspecified atom stereocenters. The molecular weight excluding hydrogens is 993 g/mol. The van der Waals surface area contributed by atoms with Crippen LogP contribution in [-0.4, -0.2) is 142 Å². The van der Waals surface area contributed by atoms with Crippen LogP contribution in [0.4, 0.5) is 0 Å². The second-order valence-electron chi connectivity index (χ2n) is 23.3. The Morgan fingerprint density at radius 1 is 0.410 bits per heavy atom. The van der Waals surface area contributed by atoms with Gasteiger partial charge in [-0.1, -0.05) is 257 Å². The minimum absolute atomic E-state index is 0.0687. The molecule has 0 bridgehead atoms. The van der Waals surface area contributed by atoms with Crippen molar-refractivity contribution in [1.82, 2.24) is 0 Å². The summed E-state index contributed by atoms with van der Waals surface area (Å²) in [4.78, 5) is 13.1. The summed E-state index contributed by atoms with van der Waals surface area (Å²) in [5, 5.41) is 72.5. The molecule has 0 aromatic heterocycles. The summed E-state index contributed by atoms with van der Waals surface area (Å²) in [7, 11) is 0. The normalized spacial score (nSPS) is 24.1. The highest BCUT2D eigenvalue weighted by atomic mass is 16.7. The lowest BCUT2D eigenvalue weighted by Gasteiger charge is -2.42. The fraction of sp³-hybridized carbons (Fsp3) is 0.953. The van der Waals surface area contributed by atoms with E-state index in [0.717, 1.165) is 38.5 Å². The van der Waals surface area contributed by atoms with Gasteiger partial charge in [0.1, 0.15) is 54.9 Å². The number of hydrogen-bond acceptors (Lipinski definition) is 14. The Kier molecular flexibility index (Phi) is 48.0. The van der Waals surface area contributed by atoms with Gasteiger partial charge in [-0.15, -0.1) is 0 Å². The average molecular weight is 1120 g/mol. The molecule has 2 rings (SSSR count). The third-order valence-corrected chi connectivity index (χ3v) is 16.0. The molecule has 0 aliphatic carbocycles. The first-order valence-electron chi connectivity index (χ1n) is 32.8. The van der Waals surface area contributed by atoms with Crippen LogP contribution in [0.2, 0.25) is 0 Å². The molecule has 0 radical (unpaired) electrons. The molecule has 7 N–H and O–H groups in total. The number of aliphatic hydroxyl groups excluding tert-OH is 7. The van der Waals surface area contributed by atoms with Crippen molar-refractivity contribution in [3.05, 3.63) is 12.2 Å². The van der Waals surface area contributed by atoms with E-state index in [1.165, 1.54) is 225 Å². The van der Waals surface area contributed by atoms with Gasteiger partial charge in [0.2, 0.25) is 0 Å². The first kappa shape index (κ1) is 72.8. The SMILES string of the molecule is CCCCCCCCCC/C=C\CCCCCCCCCCCCCCCCOCC(COC1OC(COC2OC(CO)C(O)C(O)C2O)C(O)C(O)C1O)OC(=O)CCCCCCCCCCCCCCCCCCCC. The second kappa shape index (κ2) is 51.4. The number of carbonyl (C=O) groups is 1. The molecule has 462 valence electrons. The van der Waals surface area contributed by atoms with Crippen LogP contribution >= 0.6 is 0 Å². The highest BCUT2D eigenvalue weighted by molar-refractivity contribution is 5.69. The Bertz CT molecular complexity index is 1340. The third kappa shape index (κ3) is 37.0. The van der Waals surface area contributed by atoms with Gasteiger partial charge in [-0.05, 0) is 38.5 Å². The van der Waals surface area contributed by atoms with Gasteiger partial charge >= 0.3 is 5.97 Å². The number of aliphatic hydroxyl groups is 7. The van der Waals surface area contributed by atoms with Crippen LogP contribution in [0.15, 0.2) is 12.2 Å². The summed E-state index contributed by atoms with van der Waals surface area (Å²) in [5.74, 6) is -0.367. The van der Waals surface area contributed by atoms with E-state index in [1.54, 1.807) is 0 Å². The van der Waals surface area contributed by atoms with Crippen molar-refractivity contribution in [3.63, 3.8) is 0 Å². The lowest BCUT2D eigenvalue weighted by atomic mass is 9.98. The summed E-state index contributed by atoms with van der Waals surface area (Å²) in [6, 6.07) is 0. The largest absolute Gasteiger partial charge is 0.457 e. The first-order valence-corrected chi connectivity index (χ1v) is 32.8. The Morgan fingerprint density at radius 2 is 0.756 bits per heavy atom. The molecule has 14 nitrogen and oxygen atoms in total. The van der Waals surface area contributed by atoms with Crippen molar-refractivity contribution in [1.29, 1.82) is 0 Å². The first-order chi connectivity index (χ1) is 38.1. The number of allylic oxidation sites excluding steroid dienone is 2. The van der Waals surface area contributed by atoms with E-state index < -0.39 is 80.7 Å². The van der Waals surface area contributed by atoms with E-state index in [4.69, 9.17) is 28.4 Å². The predicted octanol–water partition coefficient (Wildman–Crippen LogP) is 12.9. The van der Waals surface area contributed by atoms with Gasteiger partial charge in [-0.3, -0.25) is 4.79 Å². The minimum Gasteiger partial charge on any atom is -0.457 e. The fourth-order valence-electron chi connectivity index (χ4n) is 10.8. The van der Waals surface area contributed by atoms with Crippen molar-refractivity contribution in [2.24, 2.45) is 0 Å². The molecule has 2 saturated heterocycles. The van der Waals surface area contributed by atoms with Crippen molar-refractivity contribution in [2.75, 3.05) is 33.0 Å². The van der Waals surface area contributed by atoms with E-state index in [-0.39, 0.29) is 25.6 Å². The number of rotatable bonds is 55. The second-order valence-corrected chi connectivity index (χ2v) is 23.3. The van der Waals surface area contributed by atoms with E-state index in [2.05, 4.69) is 26.0 Å². The van der Waals surface area contributed by atoms with Crippen LogP contribution in [0.3, 0.4) is 0 Å². The van der Waals surface area contributed by atoms with Crippen molar-refractivity contribution < 1.29 is 69.0 Å². The lowest BCUT2D eigenvalue weighted by molar-refractivity contribution is -0.332. The van der Waals surface area contributed by atoms with Crippen LogP contribution in [0.5, 0.6) is 0 Å². The molecule has 78 heavy (non-hydrogen) atoms. The molecule has 0 aromatic rings. The lowest BCUT2D eigenvalue weighted by Crippen LogP contribution is -2.61. The molecule has 2 fully saturated rings. The summed E-state index contributed by atoms with van der Waals surface area (Å²) >= 11 is 0. The van der Waals surface area contributed by atoms with Gasteiger partial charge in [0.15, 0.2) is 12.6 Å². The van der Waals surface area contributed by atoms with Crippen molar-refractivity contribution >= 4 is 5.97 Å². The number of hydrogen-bond donors (Lipinski definition) is 7. The standard InChI is InChI=1S/C64H122O14/c1-3-5-7-9-11-13-15-17-19-21-23-24-25-26-27-28-29-30-32-34-36-38-40-42-44-46-48-73-50-53(76-56(66)47-45-43-41-39-37-35-33-31-22-20-18-16-14-12-10-8-6-4-2)51-74-63-62(72)60(70)58(68)55(78-63)52-75-64-61(71)59(69)57(67)54(49-65)77-64/h21,23,53-55,57-65,67-72H,3-20,22,24-52H2,1-2H3/b23-21-. The van der Waals surface area contributed by atoms with Crippen LogP contribution in [0, 0.1) is 0 Å². The van der Waals surface area contributed by atoms with Gasteiger partial charge < -0.3 is 64.2 Å². The average Bonchev–Trinajstić information content (AvgIpc) is 3.45. The number of ether oxygens (including phenoxy) is 6. The van der Waals surface area contributed by atoms with E-state index in [1.807, 2.05) is 0 Å². The zero-order valence-corrected chi connectivity index (χ0v) is 49.9. The summed E-state index contributed by atoms with van der Waals surface area (Å²) in [6.07, 6.45) is 42.8. The fourth-order valence-corrected chi connectivity index (χ4v) is 10.8. The molecule has 11 atom stereocenters. The molecule has 2 aliphatic heterocycles. The Morgan fingerprint density at radius 3 is 1.17 bits per heavy atom. The maximum atomic E-state index is 13.1. The van der Waals surface area contributed by atoms with Crippen LogP contribution in [0.1, 0.15) is 290 Å². The van der Waals surface area contributed by atoms with Crippen LogP contribution in [0.25, 0.3) is 0 Å². The smallest absolute Gasteiger partial charge is 0.306 e. The van der Waals surface area contributed by atoms with E-state index in [9.17, 15) is 40.5 Å². The Hall–Kier alpha value is -1.27. The summed E-state index contributed by atoms with van der Waals surface area (Å²) < 4.78 is 34.5. The minimum atomic E-state index is -1.70. The van der Waals surface area contributed by atoms with E-state index in [0.29, 0.717) is 13.0 Å². The predicted molar refractivity (Wildman–Crippen MR) is 312 cm³/mol. The highest BCUT2D eigenvalue weighted by Crippen LogP contribution is 2.27. The number of unbranched alkanes of at least 4 members (excludes halogenated alkanes) is 39. The number of esters is 1. The van der Waals surface area contributed by atoms with Gasteiger partial charge in [-0.2, -0.15) is 0 Å². The molecule has 0 amide bonds. The third-order valence-electron chi connectivity index (χ3n) is 16.0. The molecule has 0 aromatic carbocycles. The van der Waals surface area contributed by atoms with Gasteiger partial charge in [-0.25, -0.2) is 0 Å². The van der Waals surface area contributed by atoms with Gasteiger partial charge in [0.25, 0.3) is 0 Å². The maximum Gasteiger partial charge on any atom is 0.306 e. The Labute approximate surface area is 475 Å². The Balaban J connectivity index is 1.64. The van der Waals surface area contributed by atoms with Crippen LogP contribution in [-0.2, 0) is 33.2 Å². The van der Waals surface area contributed by atoms with Gasteiger partial charge in [0, 0.05) is 13.0 Å². The zero-order valence-electron chi connectivity index (χ0n) is 49.9. The van der Waals surface area contributed by atoms with Crippen molar-refractivity contribution in [2.45, 2.75) is 357 Å².